The van der Waals surface area contributed by atoms with Gasteiger partial charge in [-0.05, 0) is 42.8 Å². The van der Waals surface area contributed by atoms with E-state index in [4.69, 9.17) is 4.74 Å². The largest absolute Gasteiger partial charge is 0.494 e. The van der Waals surface area contributed by atoms with E-state index in [9.17, 15) is 4.79 Å². The molecule has 0 unspecified atom stereocenters. The molecule has 1 amide bonds. The van der Waals surface area contributed by atoms with Crippen LogP contribution in [0.25, 0.3) is 0 Å². The summed E-state index contributed by atoms with van der Waals surface area (Å²) in [6.07, 6.45) is 0. The molecule has 144 valence electrons. The van der Waals surface area contributed by atoms with Gasteiger partial charge in [0.15, 0.2) is 0 Å². The molecule has 0 fully saturated rings. The first-order valence-electron chi connectivity index (χ1n) is 9.40. The van der Waals surface area contributed by atoms with Crippen LogP contribution in [0.1, 0.15) is 28.4 Å². The summed E-state index contributed by atoms with van der Waals surface area (Å²) in [5.74, 6) is 1.61. The molecule has 0 radical (unpaired) electrons. The number of rotatable bonds is 8. The Morgan fingerprint density at radius 3 is 2.32 bits per heavy atom. The Balaban J connectivity index is 1.76. The van der Waals surface area contributed by atoms with Crippen molar-refractivity contribution in [3.05, 3.63) is 95.6 Å². The first-order valence-corrected chi connectivity index (χ1v) is 10.4. The molecule has 0 aromatic heterocycles. The zero-order chi connectivity index (χ0) is 19.8. The lowest BCUT2D eigenvalue weighted by atomic mass is 10.1. The molecule has 3 rings (SSSR count). The summed E-state index contributed by atoms with van der Waals surface area (Å²) in [4.78, 5) is 15.9. The highest BCUT2D eigenvalue weighted by Gasteiger charge is 2.15. The van der Waals surface area contributed by atoms with Crippen LogP contribution in [0.15, 0.2) is 83.8 Å². The van der Waals surface area contributed by atoms with E-state index in [0.717, 1.165) is 22.6 Å². The van der Waals surface area contributed by atoms with Crippen LogP contribution >= 0.6 is 11.8 Å². The van der Waals surface area contributed by atoms with E-state index in [2.05, 4.69) is 12.1 Å². The second-order valence-electron chi connectivity index (χ2n) is 6.50. The van der Waals surface area contributed by atoms with Crippen molar-refractivity contribution < 1.29 is 9.53 Å². The van der Waals surface area contributed by atoms with Gasteiger partial charge < -0.3 is 9.64 Å². The van der Waals surface area contributed by atoms with E-state index in [1.165, 1.54) is 4.90 Å². The highest BCUT2D eigenvalue weighted by molar-refractivity contribution is 7.98. The highest BCUT2D eigenvalue weighted by Crippen LogP contribution is 2.29. The van der Waals surface area contributed by atoms with Gasteiger partial charge >= 0.3 is 0 Å². The molecule has 0 heterocycles. The van der Waals surface area contributed by atoms with Crippen molar-refractivity contribution in [2.45, 2.75) is 24.1 Å². The molecule has 4 heteroatoms. The smallest absolute Gasteiger partial charge is 0.253 e. The van der Waals surface area contributed by atoms with E-state index < -0.39 is 0 Å². The Hall–Kier alpha value is -2.72. The first kappa shape index (κ1) is 20.0. The van der Waals surface area contributed by atoms with Crippen LogP contribution in [-0.2, 0) is 12.3 Å². The summed E-state index contributed by atoms with van der Waals surface area (Å²) >= 11 is 1.74. The average Bonchev–Trinajstić information content (AvgIpc) is 2.74. The molecule has 3 nitrogen and oxygen atoms in total. The molecule has 0 saturated carbocycles. The van der Waals surface area contributed by atoms with Gasteiger partial charge in [0.25, 0.3) is 5.91 Å². The summed E-state index contributed by atoms with van der Waals surface area (Å²) in [6.45, 7) is 3.16. The standard InChI is InChI=1S/C24H25NO2S/c1-3-27-23-15-14-20(16-21(23)18-28-22-12-8-5-9-13-22)24(26)25(2)17-19-10-6-4-7-11-19/h4-16H,3,17-18H2,1-2H3. The molecular formula is C24H25NO2S. The minimum absolute atomic E-state index is 0.0119. The third-order valence-corrected chi connectivity index (χ3v) is 5.41. The number of hydrogen-bond donors (Lipinski definition) is 0. The van der Waals surface area contributed by atoms with Gasteiger partial charge in [-0.1, -0.05) is 48.5 Å². The fourth-order valence-corrected chi connectivity index (χ4v) is 3.85. The molecule has 0 saturated heterocycles. The number of carbonyl (C=O) groups is 1. The van der Waals surface area contributed by atoms with Gasteiger partial charge in [-0.25, -0.2) is 0 Å². The van der Waals surface area contributed by atoms with E-state index >= 15 is 0 Å². The second-order valence-corrected chi connectivity index (χ2v) is 7.55. The molecule has 0 spiro atoms. The normalized spacial score (nSPS) is 10.5. The Morgan fingerprint density at radius 2 is 1.64 bits per heavy atom. The topological polar surface area (TPSA) is 29.5 Å². The van der Waals surface area contributed by atoms with Gasteiger partial charge in [0.2, 0.25) is 0 Å². The van der Waals surface area contributed by atoms with Crippen LogP contribution in [0.2, 0.25) is 0 Å². The lowest BCUT2D eigenvalue weighted by Gasteiger charge is -2.19. The van der Waals surface area contributed by atoms with Crippen molar-refractivity contribution in [1.29, 1.82) is 0 Å². The van der Waals surface area contributed by atoms with Crippen LogP contribution in [-0.4, -0.2) is 24.5 Å². The van der Waals surface area contributed by atoms with E-state index in [1.54, 1.807) is 16.7 Å². The van der Waals surface area contributed by atoms with Gasteiger partial charge in [0.1, 0.15) is 5.75 Å². The summed E-state index contributed by atoms with van der Waals surface area (Å²) in [7, 11) is 1.84. The first-order chi connectivity index (χ1) is 13.7. The minimum Gasteiger partial charge on any atom is -0.494 e. The lowest BCUT2D eigenvalue weighted by molar-refractivity contribution is 0.0785. The molecule has 3 aromatic carbocycles. The quantitative estimate of drug-likeness (QED) is 0.465. The molecule has 3 aromatic rings. The maximum Gasteiger partial charge on any atom is 0.253 e. The third-order valence-electron chi connectivity index (χ3n) is 4.35. The van der Waals surface area contributed by atoms with Gasteiger partial charge in [-0.2, -0.15) is 0 Å². The summed E-state index contributed by atoms with van der Waals surface area (Å²) in [6, 6.07) is 26.0. The predicted molar refractivity (Wildman–Crippen MR) is 116 cm³/mol. The molecule has 28 heavy (non-hydrogen) atoms. The van der Waals surface area contributed by atoms with E-state index in [-0.39, 0.29) is 5.91 Å². The summed E-state index contributed by atoms with van der Waals surface area (Å²) in [5, 5.41) is 0. The predicted octanol–water partition coefficient (Wildman–Crippen LogP) is 5.65. The van der Waals surface area contributed by atoms with Crippen LogP contribution in [0.5, 0.6) is 5.75 Å². The van der Waals surface area contributed by atoms with Crippen LogP contribution in [0, 0.1) is 0 Å². The van der Waals surface area contributed by atoms with Crippen molar-refractivity contribution in [3.8, 4) is 5.75 Å². The average molecular weight is 392 g/mol. The number of ether oxygens (including phenoxy) is 1. The Bertz CT molecular complexity index is 897. The molecule has 0 aliphatic rings. The number of nitrogens with zero attached hydrogens (tertiary/aromatic N) is 1. The monoisotopic (exact) mass is 391 g/mol. The maximum absolute atomic E-state index is 12.9. The Kier molecular flexibility index (Phi) is 7.15. The number of carbonyl (C=O) groups excluding carboxylic acids is 1. The fraction of sp³-hybridized carbons (Fsp3) is 0.208. The number of amides is 1. The molecule has 0 bridgehead atoms. The van der Waals surface area contributed by atoms with E-state index in [1.807, 2.05) is 80.7 Å². The van der Waals surface area contributed by atoms with Crippen molar-refractivity contribution in [1.82, 2.24) is 4.90 Å². The third kappa shape index (κ3) is 5.40. The number of thioether (sulfide) groups is 1. The van der Waals surface area contributed by atoms with Crippen molar-refractivity contribution in [3.63, 3.8) is 0 Å². The van der Waals surface area contributed by atoms with Crippen LogP contribution in [0.4, 0.5) is 0 Å². The van der Waals surface area contributed by atoms with Crippen LogP contribution < -0.4 is 4.74 Å². The van der Waals surface area contributed by atoms with Gasteiger partial charge in [0, 0.05) is 35.4 Å². The van der Waals surface area contributed by atoms with Gasteiger partial charge in [-0.15, -0.1) is 11.8 Å². The Labute approximate surface area is 171 Å². The lowest BCUT2D eigenvalue weighted by Crippen LogP contribution is -2.26. The molecule has 0 N–H and O–H groups in total. The molecule has 0 aliphatic carbocycles. The van der Waals surface area contributed by atoms with Crippen molar-refractivity contribution in [2.75, 3.05) is 13.7 Å². The highest BCUT2D eigenvalue weighted by atomic mass is 32.2. The molecular weight excluding hydrogens is 366 g/mol. The molecule has 0 atom stereocenters. The number of benzene rings is 3. The SMILES string of the molecule is CCOc1ccc(C(=O)N(C)Cc2ccccc2)cc1CSc1ccccc1. The zero-order valence-corrected chi connectivity index (χ0v) is 17.1. The summed E-state index contributed by atoms with van der Waals surface area (Å²) in [5.41, 5.74) is 2.84. The van der Waals surface area contributed by atoms with Crippen molar-refractivity contribution in [2.24, 2.45) is 0 Å². The second kappa shape index (κ2) is 10.00. The van der Waals surface area contributed by atoms with Gasteiger partial charge in [-0.3, -0.25) is 4.79 Å². The fourth-order valence-electron chi connectivity index (χ4n) is 2.95. The van der Waals surface area contributed by atoms with Crippen LogP contribution in [0.3, 0.4) is 0 Å². The number of hydrogen-bond acceptors (Lipinski definition) is 3. The molecule has 0 aliphatic heterocycles. The van der Waals surface area contributed by atoms with Crippen molar-refractivity contribution >= 4 is 17.7 Å². The Morgan fingerprint density at radius 1 is 0.964 bits per heavy atom. The zero-order valence-electron chi connectivity index (χ0n) is 16.3. The minimum atomic E-state index is 0.0119. The summed E-state index contributed by atoms with van der Waals surface area (Å²) < 4.78 is 5.78. The van der Waals surface area contributed by atoms with E-state index in [0.29, 0.717) is 18.7 Å². The maximum atomic E-state index is 12.9. The van der Waals surface area contributed by atoms with Gasteiger partial charge in [0.05, 0.1) is 6.61 Å².